The van der Waals surface area contributed by atoms with Gasteiger partial charge >= 0.3 is 5.97 Å². The minimum Gasteiger partial charge on any atom is -0.496 e. The van der Waals surface area contributed by atoms with Gasteiger partial charge in [-0.15, -0.1) is 0 Å². The van der Waals surface area contributed by atoms with E-state index in [1.54, 1.807) is 6.92 Å². The number of ether oxygens (including phenoxy) is 2. The molecule has 0 aliphatic heterocycles. The number of benzene rings is 2. The van der Waals surface area contributed by atoms with Gasteiger partial charge in [-0.3, -0.25) is 4.79 Å². The molecular formula is C17H16ClFN2O4. The predicted octanol–water partition coefficient (Wildman–Crippen LogP) is 3.17. The molecule has 8 heteroatoms. The van der Waals surface area contributed by atoms with Crippen molar-refractivity contribution in [2.45, 2.75) is 6.92 Å². The Morgan fingerprint density at radius 1 is 1.28 bits per heavy atom. The van der Waals surface area contributed by atoms with Crippen molar-refractivity contribution in [3.05, 3.63) is 52.3 Å². The minimum atomic E-state index is -0.801. The quantitative estimate of drug-likeness (QED) is 0.626. The van der Waals surface area contributed by atoms with Gasteiger partial charge in [0.1, 0.15) is 17.1 Å². The summed E-state index contributed by atoms with van der Waals surface area (Å²) in [6, 6.07) is 6.67. The topological polar surface area (TPSA) is 90.7 Å². The number of carbonyl (C=O) groups excluding carboxylic acids is 2. The van der Waals surface area contributed by atoms with Crippen LogP contribution in [0.2, 0.25) is 5.02 Å². The van der Waals surface area contributed by atoms with Gasteiger partial charge in [-0.25, -0.2) is 9.18 Å². The van der Waals surface area contributed by atoms with E-state index in [9.17, 15) is 14.0 Å². The van der Waals surface area contributed by atoms with E-state index in [4.69, 9.17) is 26.8 Å². The van der Waals surface area contributed by atoms with E-state index < -0.39 is 24.3 Å². The first-order chi connectivity index (χ1) is 11.8. The molecule has 2 aromatic rings. The zero-order valence-electron chi connectivity index (χ0n) is 13.6. The monoisotopic (exact) mass is 366 g/mol. The molecule has 0 aromatic heterocycles. The summed E-state index contributed by atoms with van der Waals surface area (Å²) in [7, 11) is 1.36. The second-order valence-electron chi connectivity index (χ2n) is 5.16. The van der Waals surface area contributed by atoms with Crippen molar-refractivity contribution in [3.8, 4) is 5.75 Å². The number of halogens is 2. The fourth-order valence-corrected chi connectivity index (χ4v) is 2.19. The van der Waals surface area contributed by atoms with Crippen molar-refractivity contribution in [3.63, 3.8) is 0 Å². The van der Waals surface area contributed by atoms with Gasteiger partial charge in [0, 0.05) is 11.8 Å². The molecule has 0 aliphatic rings. The van der Waals surface area contributed by atoms with E-state index in [1.165, 1.54) is 37.4 Å². The van der Waals surface area contributed by atoms with Crippen molar-refractivity contribution in [1.29, 1.82) is 0 Å². The van der Waals surface area contributed by atoms with Gasteiger partial charge in [0.15, 0.2) is 6.61 Å². The maximum Gasteiger partial charge on any atom is 0.342 e. The van der Waals surface area contributed by atoms with Crippen LogP contribution in [-0.4, -0.2) is 25.6 Å². The average molecular weight is 367 g/mol. The number of methoxy groups -OCH3 is 1. The number of nitrogen functional groups attached to an aromatic ring is 1. The van der Waals surface area contributed by atoms with Crippen LogP contribution in [0.3, 0.4) is 0 Å². The third kappa shape index (κ3) is 4.60. The van der Waals surface area contributed by atoms with Crippen molar-refractivity contribution in [2.24, 2.45) is 0 Å². The molecular weight excluding hydrogens is 351 g/mol. The summed E-state index contributed by atoms with van der Waals surface area (Å²) in [5.74, 6) is -1.72. The van der Waals surface area contributed by atoms with Crippen LogP contribution in [0, 0.1) is 12.7 Å². The summed E-state index contributed by atoms with van der Waals surface area (Å²) in [4.78, 5) is 24.0. The Morgan fingerprint density at radius 2 is 2.00 bits per heavy atom. The van der Waals surface area contributed by atoms with Gasteiger partial charge < -0.3 is 20.5 Å². The van der Waals surface area contributed by atoms with Crippen LogP contribution in [0.1, 0.15) is 15.9 Å². The standard InChI is InChI=1S/C17H16ClFN2O4/c1-9-3-4-10(19)5-14(9)21-16(22)8-25-17(23)11-6-12(18)13(20)7-15(11)24-2/h3-7H,8,20H2,1-2H3,(H,21,22). The highest BCUT2D eigenvalue weighted by atomic mass is 35.5. The highest BCUT2D eigenvalue weighted by molar-refractivity contribution is 6.33. The van der Waals surface area contributed by atoms with Crippen LogP contribution in [0.4, 0.5) is 15.8 Å². The summed E-state index contributed by atoms with van der Waals surface area (Å²) in [6.07, 6.45) is 0. The Hall–Kier alpha value is -2.80. The van der Waals surface area contributed by atoms with Gasteiger partial charge in [0.2, 0.25) is 0 Å². The maximum absolute atomic E-state index is 13.2. The maximum atomic E-state index is 13.2. The summed E-state index contributed by atoms with van der Waals surface area (Å²) in [6.45, 7) is 1.15. The van der Waals surface area contributed by atoms with E-state index in [1.807, 2.05) is 0 Å². The molecule has 3 N–H and O–H groups in total. The highest BCUT2D eigenvalue weighted by Crippen LogP contribution is 2.29. The first-order valence-electron chi connectivity index (χ1n) is 7.18. The van der Waals surface area contributed by atoms with Gasteiger partial charge in [-0.2, -0.15) is 0 Å². The molecule has 0 aliphatic carbocycles. The fraction of sp³-hybridized carbons (Fsp3) is 0.176. The molecule has 6 nitrogen and oxygen atoms in total. The molecule has 0 heterocycles. The molecule has 0 atom stereocenters. The Morgan fingerprint density at radius 3 is 2.68 bits per heavy atom. The number of nitrogens with two attached hydrogens (primary N) is 1. The largest absolute Gasteiger partial charge is 0.496 e. The van der Waals surface area contributed by atoms with Crippen LogP contribution >= 0.6 is 11.6 Å². The van der Waals surface area contributed by atoms with Crippen molar-refractivity contribution >= 4 is 34.9 Å². The van der Waals surface area contributed by atoms with Gasteiger partial charge in [-0.05, 0) is 30.7 Å². The minimum absolute atomic E-state index is 0.0384. The number of esters is 1. The number of aryl methyl sites for hydroxylation is 1. The lowest BCUT2D eigenvalue weighted by Gasteiger charge is -2.11. The number of amides is 1. The zero-order valence-corrected chi connectivity index (χ0v) is 14.3. The molecule has 0 spiro atoms. The van der Waals surface area contributed by atoms with Crippen LogP contribution < -0.4 is 15.8 Å². The number of hydrogen-bond acceptors (Lipinski definition) is 5. The molecule has 0 unspecified atom stereocenters. The lowest BCUT2D eigenvalue weighted by molar-refractivity contribution is -0.119. The molecule has 0 bridgehead atoms. The lowest BCUT2D eigenvalue weighted by atomic mass is 10.2. The molecule has 0 fully saturated rings. The van der Waals surface area contributed by atoms with Crippen LogP contribution in [-0.2, 0) is 9.53 Å². The van der Waals surface area contributed by atoms with Gasteiger partial charge in [0.05, 0.1) is 17.8 Å². The van der Waals surface area contributed by atoms with Crippen molar-refractivity contribution in [1.82, 2.24) is 0 Å². The van der Waals surface area contributed by atoms with Crippen LogP contribution in [0.5, 0.6) is 5.75 Å². The first kappa shape index (κ1) is 18.5. The molecule has 0 saturated heterocycles. The number of hydrogen-bond donors (Lipinski definition) is 2. The third-order valence-electron chi connectivity index (χ3n) is 3.35. The second kappa shape index (κ2) is 7.85. The van der Waals surface area contributed by atoms with Crippen LogP contribution in [0.25, 0.3) is 0 Å². The molecule has 0 radical (unpaired) electrons. The normalized spacial score (nSPS) is 10.2. The lowest BCUT2D eigenvalue weighted by Crippen LogP contribution is -2.21. The molecule has 0 saturated carbocycles. The molecule has 2 aromatic carbocycles. The molecule has 2 rings (SSSR count). The number of rotatable bonds is 5. The molecule has 25 heavy (non-hydrogen) atoms. The Bertz CT molecular complexity index is 827. The first-order valence-corrected chi connectivity index (χ1v) is 7.55. The zero-order chi connectivity index (χ0) is 18.6. The Balaban J connectivity index is 2.03. The third-order valence-corrected chi connectivity index (χ3v) is 3.67. The average Bonchev–Trinajstić information content (AvgIpc) is 2.58. The predicted molar refractivity (Wildman–Crippen MR) is 92.5 cm³/mol. The molecule has 132 valence electrons. The van der Waals surface area contributed by atoms with Crippen molar-refractivity contribution in [2.75, 3.05) is 24.8 Å². The van der Waals surface area contributed by atoms with Gasteiger partial charge in [0.25, 0.3) is 5.91 Å². The summed E-state index contributed by atoms with van der Waals surface area (Å²) >= 11 is 5.89. The van der Waals surface area contributed by atoms with Gasteiger partial charge in [-0.1, -0.05) is 17.7 Å². The second-order valence-corrected chi connectivity index (χ2v) is 5.56. The Kier molecular flexibility index (Phi) is 5.82. The fourth-order valence-electron chi connectivity index (χ4n) is 2.02. The smallest absolute Gasteiger partial charge is 0.342 e. The van der Waals surface area contributed by atoms with E-state index >= 15 is 0 Å². The summed E-state index contributed by atoms with van der Waals surface area (Å²) in [5, 5.41) is 2.63. The molecule has 1 amide bonds. The highest BCUT2D eigenvalue weighted by Gasteiger charge is 2.18. The van der Waals surface area contributed by atoms with Crippen LogP contribution in [0.15, 0.2) is 30.3 Å². The van der Waals surface area contributed by atoms with E-state index in [-0.39, 0.29) is 22.0 Å². The van der Waals surface area contributed by atoms with E-state index in [0.29, 0.717) is 11.3 Å². The summed E-state index contributed by atoms with van der Waals surface area (Å²) < 4.78 is 23.2. The number of carbonyl (C=O) groups is 2. The van der Waals surface area contributed by atoms with E-state index in [0.717, 1.165) is 0 Å². The van der Waals surface area contributed by atoms with Crippen molar-refractivity contribution < 1.29 is 23.5 Å². The summed E-state index contributed by atoms with van der Waals surface area (Å²) in [5.41, 5.74) is 6.90. The number of anilines is 2. The Labute approximate surface area is 148 Å². The SMILES string of the molecule is COc1cc(N)c(Cl)cc1C(=O)OCC(=O)Nc1cc(F)ccc1C. The van der Waals surface area contributed by atoms with E-state index in [2.05, 4.69) is 5.32 Å². The number of nitrogens with one attached hydrogen (secondary N) is 1.